The fourth-order valence-corrected chi connectivity index (χ4v) is 4.96. The van der Waals surface area contributed by atoms with Crippen LogP contribution in [0.3, 0.4) is 0 Å². The van der Waals surface area contributed by atoms with Crippen LogP contribution in [-0.4, -0.2) is 41.5 Å². The van der Waals surface area contributed by atoms with Crippen molar-refractivity contribution in [3.8, 4) is 23.1 Å². The lowest BCUT2D eigenvalue weighted by Gasteiger charge is -2.18. The molecule has 0 radical (unpaired) electrons. The highest BCUT2D eigenvalue weighted by atomic mass is 35.5. The zero-order valence-corrected chi connectivity index (χ0v) is 21.7. The predicted octanol–water partition coefficient (Wildman–Crippen LogP) is 3.02. The fourth-order valence-electron chi connectivity index (χ4n) is 3.69. The van der Waals surface area contributed by atoms with Crippen molar-refractivity contribution in [3.63, 3.8) is 0 Å². The summed E-state index contributed by atoms with van der Waals surface area (Å²) >= 11 is 0. The van der Waals surface area contributed by atoms with Crippen LogP contribution in [0.25, 0.3) is 0 Å². The van der Waals surface area contributed by atoms with Crippen LogP contribution in [0.4, 0.5) is 0 Å². The summed E-state index contributed by atoms with van der Waals surface area (Å²) in [7, 11) is -4.23. The Labute approximate surface area is 224 Å². The predicted molar refractivity (Wildman–Crippen MR) is 137 cm³/mol. The van der Waals surface area contributed by atoms with Crippen LogP contribution in [0.2, 0.25) is 0 Å². The minimum Gasteiger partial charge on any atom is -0.508 e. The van der Waals surface area contributed by atoms with Gasteiger partial charge in [-0.3, -0.25) is 4.63 Å². The van der Waals surface area contributed by atoms with Crippen molar-refractivity contribution in [2.24, 2.45) is 0 Å². The number of aromatic nitrogens is 2. The zero-order valence-electron chi connectivity index (χ0n) is 20.1. The lowest BCUT2D eigenvalue weighted by Crippen LogP contribution is -2.32. The molecular weight excluding hydrogens is 538 g/mol. The maximum absolute atomic E-state index is 12.9. The number of aliphatic hydroxyl groups excluding tert-OH is 1. The standard InChI is InChI=1S/C25H25N3O8S.ClH/c1-16(26-15-23(31)18-12-19(29)14-20(30)13-18)11-17-7-9-21(10-8-17)35-24-25(28(32)36-27-24)37(33,34)22-5-3-2-4-6-22;/h2-10,12-14,16,23,26,29-31H,11,15H2,1H3;1H. The number of phenolic OH excluding ortho intramolecular Hbond substituents is 2. The van der Waals surface area contributed by atoms with Crippen molar-refractivity contribution in [2.75, 3.05) is 6.54 Å². The Bertz CT molecular complexity index is 1440. The number of phenols is 2. The quantitative estimate of drug-likeness (QED) is 0.210. The molecule has 1 aromatic heterocycles. The molecule has 0 amide bonds. The van der Waals surface area contributed by atoms with Gasteiger partial charge in [-0.25, -0.2) is 8.42 Å². The highest BCUT2D eigenvalue weighted by molar-refractivity contribution is 7.91. The average molecular weight is 564 g/mol. The van der Waals surface area contributed by atoms with Gasteiger partial charge in [0.25, 0.3) is 9.84 Å². The van der Waals surface area contributed by atoms with E-state index in [1.54, 1.807) is 30.3 Å². The molecule has 3 aromatic carbocycles. The van der Waals surface area contributed by atoms with Crippen molar-refractivity contribution >= 4 is 22.2 Å². The highest BCUT2D eigenvalue weighted by Crippen LogP contribution is 2.29. The highest BCUT2D eigenvalue weighted by Gasteiger charge is 2.36. The molecular formula is C25H26ClN3O8S. The summed E-state index contributed by atoms with van der Waals surface area (Å²) in [5, 5.41) is 47.4. The molecule has 202 valence electrons. The largest absolute Gasteiger partial charge is 0.508 e. The molecule has 0 saturated carbocycles. The molecule has 0 bridgehead atoms. The first-order valence-electron chi connectivity index (χ1n) is 11.2. The summed E-state index contributed by atoms with van der Waals surface area (Å²) in [6.45, 7) is 2.13. The van der Waals surface area contributed by atoms with E-state index < -0.39 is 26.8 Å². The first-order chi connectivity index (χ1) is 17.6. The second-order valence-corrected chi connectivity index (χ2v) is 10.3. The zero-order chi connectivity index (χ0) is 26.6. The maximum atomic E-state index is 12.9. The Morgan fingerprint density at radius 2 is 1.68 bits per heavy atom. The van der Waals surface area contributed by atoms with E-state index in [0.717, 1.165) is 5.56 Å². The Hall–Kier alpha value is -3.84. The molecule has 11 nitrogen and oxygen atoms in total. The van der Waals surface area contributed by atoms with Gasteiger partial charge in [0.05, 0.1) is 16.2 Å². The summed E-state index contributed by atoms with van der Waals surface area (Å²) in [4.78, 5) is -0.304. The van der Waals surface area contributed by atoms with E-state index in [-0.39, 0.29) is 52.0 Å². The van der Waals surface area contributed by atoms with Crippen molar-refractivity contribution in [3.05, 3.63) is 89.1 Å². The second kappa shape index (κ2) is 12.1. The van der Waals surface area contributed by atoms with E-state index in [1.807, 2.05) is 6.92 Å². The van der Waals surface area contributed by atoms with Gasteiger partial charge < -0.3 is 30.6 Å². The number of sulfone groups is 1. The van der Waals surface area contributed by atoms with Gasteiger partial charge in [0.1, 0.15) is 17.2 Å². The van der Waals surface area contributed by atoms with Crippen molar-refractivity contribution in [1.29, 1.82) is 0 Å². The van der Waals surface area contributed by atoms with Gasteiger partial charge in [-0.2, -0.15) is 0 Å². The molecule has 4 rings (SSSR count). The van der Waals surface area contributed by atoms with E-state index >= 15 is 0 Å². The summed E-state index contributed by atoms with van der Waals surface area (Å²) in [6.07, 6.45) is -0.333. The Balaban J connectivity index is 0.00000400. The van der Waals surface area contributed by atoms with Crippen LogP contribution in [0.5, 0.6) is 23.1 Å². The summed E-state index contributed by atoms with van der Waals surface area (Å²) in [6, 6.07) is 18.1. The number of rotatable bonds is 10. The number of hydrogen-bond acceptors (Lipinski definition) is 10. The number of halogens is 1. The topological polar surface area (TPSA) is 169 Å². The van der Waals surface area contributed by atoms with Crippen molar-refractivity contribution < 1.29 is 38.0 Å². The monoisotopic (exact) mass is 563 g/mol. The molecule has 0 fully saturated rings. The number of nitrogens with one attached hydrogen (secondary N) is 1. The third-order valence-electron chi connectivity index (χ3n) is 5.50. The number of aromatic hydroxyl groups is 2. The van der Waals surface area contributed by atoms with Crippen molar-refractivity contribution in [1.82, 2.24) is 10.5 Å². The summed E-state index contributed by atoms with van der Waals surface area (Å²) in [5.41, 5.74) is 1.31. The Morgan fingerprint density at radius 1 is 1.05 bits per heavy atom. The molecule has 0 aliphatic carbocycles. The lowest BCUT2D eigenvalue weighted by atomic mass is 10.1. The van der Waals surface area contributed by atoms with Crippen LogP contribution in [0, 0.1) is 5.21 Å². The van der Waals surface area contributed by atoms with E-state index in [2.05, 4.69) is 15.1 Å². The molecule has 0 saturated heterocycles. The second-order valence-electron chi connectivity index (χ2n) is 8.41. The Kier molecular flexibility index (Phi) is 9.17. The fraction of sp³-hybridized carbons (Fsp3) is 0.200. The van der Waals surface area contributed by atoms with E-state index in [4.69, 9.17) is 4.74 Å². The minimum absolute atomic E-state index is 0. The van der Waals surface area contributed by atoms with Crippen LogP contribution in [0.15, 0.2) is 87.3 Å². The van der Waals surface area contributed by atoms with Gasteiger partial charge in [0, 0.05) is 18.7 Å². The van der Waals surface area contributed by atoms with Gasteiger partial charge in [-0.05, 0) is 65.8 Å². The Morgan fingerprint density at radius 3 is 2.32 bits per heavy atom. The van der Waals surface area contributed by atoms with Gasteiger partial charge in [-0.1, -0.05) is 30.3 Å². The number of aliphatic hydroxyl groups is 1. The van der Waals surface area contributed by atoms with Crippen LogP contribution < -0.4 is 15.0 Å². The number of ether oxygens (including phenoxy) is 1. The van der Waals surface area contributed by atoms with Gasteiger partial charge >= 0.3 is 10.9 Å². The molecule has 0 aliphatic heterocycles. The van der Waals surface area contributed by atoms with E-state index in [9.17, 15) is 28.9 Å². The normalized spacial score (nSPS) is 12.9. The van der Waals surface area contributed by atoms with Crippen molar-refractivity contribution in [2.45, 2.75) is 35.4 Å². The number of nitrogens with zero attached hydrogens (tertiary/aromatic N) is 2. The molecule has 13 heteroatoms. The van der Waals surface area contributed by atoms with Gasteiger partial charge in [0.2, 0.25) is 0 Å². The SMILES string of the molecule is CC(Cc1ccc(Oc2no[n+]([O-])c2S(=O)(=O)c2ccccc2)cc1)NCC(O)c1cc(O)cc(O)c1.Cl. The third-order valence-corrected chi connectivity index (χ3v) is 7.23. The number of benzene rings is 3. The minimum atomic E-state index is -4.23. The molecule has 4 aromatic rings. The number of hydrogen-bond donors (Lipinski definition) is 4. The molecule has 1 heterocycles. The average Bonchev–Trinajstić information content (AvgIpc) is 3.24. The van der Waals surface area contributed by atoms with E-state index in [1.165, 1.54) is 42.5 Å². The van der Waals surface area contributed by atoms with Crippen LogP contribution in [-0.2, 0) is 16.3 Å². The smallest absolute Gasteiger partial charge is 0.420 e. The lowest BCUT2D eigenvalue weighted by molar-refractivity contribution is -0.832. The van der Waals surface area contributed by atoms with E-state index in [0.29, 0.717) is 12.0 Å². The van der Waals surface area contributed by atoms with Gasteiger partial charge in [-0.15, -0.1) is 12.4 Å². The molecule has 2 unspecified atom stereocenters. The summed E-state index contributed by atoms with van der Waals surface area (Å²) < 4.78 is 35.8. The maximum Gasteiger partial charge on any atom is 0.420 e. The molecule has 0 aliphatic rings. The first kappa shape index (κ1) is 28.7. The van der Waals surface area contributed by atoms with Crippen LogP contribution in [0.1, 0.15) is 24.2 Å². The molecule has 4 N–H and O–H groups in total. The van der Waals surface area contributed by atoms with Gasteiger partial charge in [0.15, 0.2) is 0 Å². The summed E-state index contributed by atoms with van der Waals surface area (Å²) in [5.74, 6) is -0.495. The third kappa shape index (κ3) is 6.72. The first-order valence-corrected chi connectivity index (χ1v) is 12.7. The van der Waals surface area contributed by atoms with Crippen LogP contribution >= 0.6 is 12.4 Å². The molecule has 2 atom stereocenters. The molecule has 38 heavy (non-hydrogen) atoms. The molecule has 0 spiro atoms.